The van der Waals surface area contributed by atoms with Crippen LogP contribution in [0, 0.1) is 0 Å². The molecule has 32 heavy (non-hydrogen) atoms. The molecule has 2 aromatic rings. The number of anilines is 1. The van der Waals surface area contributed by atoms with Crippen molar-refractivity contribution in [1.29, 1.82) is 0 Å². The minimum Gasteiger partial charge on any atom is -0.468 e. The van der Waals surface area contributed by atoms with Gasteiger partial charge in [-0.25, -0.2) is 0 Å². The topological polar surface area (TPSA) is 65.3 Å². The summed E-state index contributed by atoms with van der Waals surface area (Å²) in [4.78, 5) is 8.89. The Labute approximate surface area is 205 Å². The minimum atomic E-state index is -2.84. The van der Waals surface area contributed by atoms with Crippen molar-refractivity contribution in [1.82, 2.24) is 15.5 Å². The Bertz CT molecular complexity index is 835. The number of guanidine groups is 1. The molecule has 1 aliphatic heterocycles. The molecule has 1 fully saturated rings. The Morgan fingerprint density at radius 3 is 2.72 bits per heavy atom. The van der Waals surface area contributed by atoms with E-state index in [9.17, 15) is 8.78 Å². The number of nitrogens with zero attached hydrogens (tertiary/aromatic N) is 3. The molecule has 1 aromatic carbocycles. The average Bonchev–Trinajstić information content (AvgIpc) is 3.40. The quantitative estimate of drug-likeness (QED) is 0.274. The number of ether oxygens (including phenoxy) is 1. The second-order valence-corrected chi connectivity index (χ2v) is 7.64. The number of alkyl halides is 2. The second kappa shape index (κ2) is 12.8. The largest absolute Gasteiger partial charge is 0.468 e. The van der Waals surface area contributed by atoms with Crippen molar-refractivity contribution in [2.24, 2.45) is 4.99 Å². The van der Waals surface area contributed by atoms with E-state index in [-0.39, 0.29) is 41.8 Å². The normalized spacial score (nSPS) is 17.4. The van der Waals surface area contributed by atoms with Gasteiger partial charge in [0.2, 0.25) is 0 Å². The maximum absolute atomic E-state index is 12.7. The Balaban J connectivity index is 0.00000363. The van der Waals surface area contributed by atoms with Crippen molar-refractivity contribution in [3.05, 3.63) is 48.4 Å². The lowest BCUT2D eigenvalue weighted by atomic mass is 10.2. The number of halogens is 3. The number of likely N-dealkylation sites (N-methyl/N-ethyl adjacent to an activating group) is 1. The number of furan rings is 1. The summed E-state index contributed by atoms with van der Waals surface area (Å²) in [5.74, 6) is 1.79. The van der Waals surface area contributed by atoms with E-state index in [1.54, 1.807) is 18.4 Å². The van der Waals surface area contributed by atoms with Gasteiger partial charge in [-0.05, 0) is 51.7 Å². The zero-order chi connectivity index (χ0) is 22.2. The first-order valence-corrected chi connectivity index (χ1v) is 10.5. The van der Waals surface area contributed by atoms with Crippen LogP contribution in [-0.2, 0) is 0 Å². The number of para-hydroxylation sites is 2. The molecule has 0 saturated carbocycles. The fourth-order valence-corrected chi connectivity index (χ4v) is 3.69. The van der Waals surface area contributed by atoms with Crippen LogP contribution in [0.2, 0.25) is 0 Å². The lowest BCUT2D eigenvalue weighted by molar-refractivity contribution is -0.0495. The average molecular weight is 563 g/mol. The summed E-state index contributed by atoms with van der Waals surface area (Å²) < 4.78 is 35.7. The lowest BCUT2D eigenvalue weighted by Crippen LogP contribution is -2.45. The van der Waals surface area contributed by atoms with E-state index < -0.39 is 6.61 Å². The van der Waals surface area contributed by atoms with E-state index >= 15 is 0 Å². The monoisotopic (exact) mass is 563 g/mol. The van der Waals surface area contributed by atoms with E-state index in [1.807, 2.05) is 45.3 Å². The van der Waals surface area contributed by atoms with Gasteiger partial charge in [0.15, 0.2) is 5.96 Å². The molecule has 1 aliphatic rings. The third-order valence-electron chi connectivity index (χ3n) is 5.21. The SMILES string of the molecule is CCNC(=NCC(c1ccco1)N(C)C)NC1CCN(c2ccccc2OC(F)F)C1.I. The van der Waals surface area contributed by atoms with E-state index in [2.05, 4.69) is 20.4 Å². The highest BCUT2D eigenvalue weighted by molar-refractivity contribution is 14.0. The molecule has 2 N–H and O–H groups in total. The van der Waals surface area contributed by atoms with Crippen LogP contribution in [-0.4, -0.2) is 63.8 Å². The van der Waals surface area contributed by atoms with Gasteiger partial charge in [0.05, 0.1) is 24.5 Å². The molecule has 0 amide bonds. The van der Waals surface area contributed by atoms with Crippen LogP contribution in [0.15, 0.2) is 52.1 Å². The highest BCUT2D eigenvalue weighted by Crippen LogP contribution is 2.31. The standard InChI is InChI=1S/C22H31F2N5O2.HI/c1-4-25-22(26-14-18(28(2)3)19-10-7-13-30-19)27-16-11-12-29(15-16)17-8-5-6-9-20(17)31-21(23)24;/h5-10,13,16,18,21H,4,11-12,14-15H2,1-3H3,(H2,25,26,27);1H. The van der Waals surface area contributed by atoms with E-state index in [1.165, 1.54) is 0 Å². The van der Waals surface area contributed by atoms with Gasteiger partial charge in [-0.2, -0.15) is 8.78 Å². The van der Waals surface area contributed by atoms with Gasteiger partial charge in [0, 0.05) is 25.7 Å². The molecule has 0 spiro atoms. The second-order valence-electron chi connectivity index (χ2n) is 7.64. The fourth-order valence-electron chi connectivity index (χ4n) is 3.69. The molecule has 1 aromatic heterocycles. The third kappa shape index (κ3) is 7.22. The predicted molar refractivity (Wildman–Crippen MR) is 133 cm³/mol. The first kappa shape index (κ1) is 26.2. The smallest absolute Gasteiger partial charge is 0.387 e. The van der Waals surface area contributed by atoms with Crippen molar-refractivity contribution in [3.63, 3.8) is 0 Å². The summed E-state index contributed by atoms with van der Waals surface area (Å²) in [6.45, 7) is 1.87. The molecule has 2 atom stereocenters. The third-order valence-corrected chi connectivity index (χ3v) is 5.21. The van der Waals surface area contributed by atoms with Crippen LogP contribution < -0.4 is 20.3 Å². The summed E-state index contributed by atoms with van der Waals surface area (Å²) in [5.41, 5.74) is 0.680. The zero-order valence-electron chi connectivity index (χ0n) is 18.6. The maximum Gasteiger partial charge on any atom is 0.387 e. The summed E-state index contributed by atoms with van der Waals surface area (Å²) in [5, 5.41) is 6.76. The lowest BCUT2D eigenvalue weighted by Gasteiger charge is -2.23. The van der Waals surface area contributed by atoms with Crippen LogP contribution in [0.1, 0.15) is 25.1 Å². The van der Waals surface area contributed by atoms with Gasteiger partial charge in [0.1, 0.15) is 11.5 Å². The summed E-state index contributed by atoms with van der Waals surface area (Å²) >= 11 is 0. The van der Waals surface area contributed by atoms with Gasteiger partial charge in [0.25, 0.3) is 0 Å². The number of hydrogen-bond acceptors (Lipinski definition) is 5. The molecule has 2 unspecified atom stereocenters. The number of aliphatic imine (C=N–C) groups is 1. The maximum atomic E-state index is 12.7. The molecule has 0 bridgehead atoms. The van der Waals surface area contributed by atoms with E-state index in [0.29, 0.717) is 18.8 Å². The fraction of sp³-hybridized carbons (Fsp3) is 0.500. The van der Waals surface area contributed by atoms with Gasteiger partial charge in [-0.15, -0.1) is 24.0 Å². The number of benzene rings is 1. The van der Waals surface area contributed by atoms with Crippen LogP contribution in [0.25, 0.3) is 0 Å². The van der Waals surface area contributed by atoms with Crippen molar-refractivity contribution in [3.8, 4) is 5.75 Å². The van der Waals surface area contributed by atoms with Gasteiger partial charge < -0.3 is 24.7 Å². The molecule has 178 valence electrons. The molecule has 7 nitrogen and oxygen atoms in total. The molecule has 0 radical (unpaired) electrons. The molecular formula is C22H32F2IN5O2. The van der Waals surface area contributed by atoms with Gasteiger partial charge in [-0.3, -0.25) is 9.89 Å². The summed E-state index contributed by atoms with van der Waals surface area (Å²) in [6.07, 6.45) is 2.53. The van der Waals surface area contributed by atoms with Crippen molar-refractivity contribution >= 4 is 35.6 Å². The Kier molecular flexibility index (Phi) is 10.5. The van der Waals surface area contributed by atoms with Crippen LogP contribution >= 0.6 is 24.0 Å². The number of hydrogen-bond donors (Lipinski definition) is 2. The number of rotatable bonds is 9. The first-order valence-electron chi connectivity index (χ1n) is 10.5. The summed E-state index contributed by atoms with van der Waals surface area (Å²) in [6, 6.07) is 10.9. The highest BCUT2D eigenvalue weighted by Gasteiger charge is 2.26. The van der Waals surface area contributed by atoms with Crippen LogP contribution in [0.3, 0.4) is 0 Å². The van der Waals surface area contributed by atoms with Gasteiger partial charge >= 0.3 is 6.61 Å². The van der Waals surface area contributed by atoms with Gasteiger partial charge in [-0.1, -0.05) is 12.1 Å². The van der Waals surface area contributed by atoms with Crippen molar-refractivity contribution < 1.29 is 17.9 Å². The molecule has 0 aliphatic carbocycles. The van der Waals surface area contributed by atoms with Crippen molar-refractivity contribution in [2.75, 3.05) is 45.2 Å². The van der Waals surface area contributed by atoms with Crippen LogP contribution in [0.4, 0.5) is 14.5 Å². The van der Waals surface area contributed by atoms with Crippen molar-refractivity contribution in [2.45, 2.75) is 32.0 Å². The molecule has 10 heteroatoms. The van der Waals surface area contributed by atoms with Crippen LogP contribution in [0.5, 0.6) is 5.75 Å². The molecule has 1 saturated heterocycles. The molecular weight excluding hydrogens is 531 g/mol. The molecule has 3 rings (SSSR count). The Morgan fingerprint density at radius 1 is 1.28 bits per heavy atom. The molecule has 2 heterocycles. The first-order chi connectivity index (χ1) is 15.0. The highest BCUT2D eigenvalue weighted by atomic mass is 127. The minimum absolute atomic E-state index is 0. The Morgan fingerprint density at radius 2 is 2.06 bits per heavy atom. The number of nitrogens with one attached hydrogen (secondary N) is 2. The zero-order valence-corrected chi connectivity index (χ0v) is 21.0. The summed E-state index contributed by atoms with van der Waals surface area (Å²) in [7, 11) is 3.99. The van der Waals surface area contributed by atoms with E-state index in [0.717, 1.165) is 31.2 Å². The van der Waals surface area contributed by atoms with E-state index in [4.69, 9.17) is 14.1 Å². The predicted octanol–water partition coefficient (Wildman–Crippen LogP) is 3.94. The Hall–Kier alpha value is -2.08.